The molecule has 0 spiro atoms. The largest absolute Gasteiger partial charge is 0.462 e. The second-order valence-electron chi connectivity index (χ2n) is 23.4. The fraction of sp³-hybridized carbons (Fsp3) is 0.727. The zero-order valence-electron chi connectivity index (χ0n) is 54.7. The molecule has 0 heterocycles. The molecular weight excluding hydrogens is 1020 g/mol. The summed E-state index contributed by atoms with van der Waals surface area (Å²) >= 11 is 0. The molecule has 0 amide bonds. The molecule has 1 atom stereocenters. The van der Waals surface area contributed by atoms with Crippen LogP contribution in [0.25, 0.3) is 0 Å². The molecular formula is C77H132O6. The van der Waals surface area contributed by atoms with Gasteiger partial charge >= 0.3 is 17.9 Å². The molecule has 0 radical (unpaired) electrons. The monoisotopic (exact) mass is 1150 g/mol. The summed E-state index contributed by atoms with van der Waals surface area (Å²) in [6, 6.07) is 0. The quantitative estimate of drug-likeness (QED) is 0.0261. The Kier molecular flexibility index (Phi) is 67.2. The first-order chi connectivity index (χ1) is 41.0. The smallest absolute Gasteiger partial charge is 0.306 e. The minimum atomic E-state index is -0.796. The van der Waals surface area contributed by atoms with Gasteiger partial charge in [-0.15, -0.1) is 0 Å². The van der Waals surface area contributed by atoms with Gasteiger partial charge in [0.05, 0.1) is 0 Å². The van der Waals surface area contributed by atoms with Gasteiger partial charge in [-0.2, -0.15) is 0 Å². The standard InChI is InChI=1S/C77H132O6/c1-4-7-10-13-16-19-22-25-28-31-33-35-36-37-38-39-40-42-43-46-49-52-55-58-61-64-67-70-76(79)82-73-74(72-81-75(78)69-66-63-60-57-54-51-48-45-30-27-24-21-18-15-12-9-6-3)83-77(80)71-68-65-62-59-56-53-50-47-44-41-34-32-29-26-23-20-17-14-11-8-5-2/h8-9,11-12,17-18,20-21,26-27,29-31,33-34,41,47,50,74H,4-7,10,13-16,19,22-25,28,32,35-40,42-46,48-49,51-73H2,1-3H3/b11-8-,12-9-,20-17-,21-18-,29-26-,30-27-,33-31-,41-34-,50-47-. The summed E-state index contributed by atoms with van der Waals surface area (Å²) in [6.07, 6.45) is 96.8. The summed E-state index contributed by atoms with van der Waals surface area (Å²) in [6.45, 7) is 6.43. The summed E-state index contributed by atoms with van der Waals surface area (Å²) in [5.74, 6) is -0.905. The van der Waals surface area contributed by atoms with Gasteiger partial charge in [0.25, 0.3) is 0 Å². The molecule has 0 aromatic rings. The molecule has 0 aliphatic rings. The van der Waals surface area contributed by atoms with Crippen molar-refractivity contribution in [1.29, 1.82) is 0 Å². The lowest BCUT2D eigenvalue weighted by Gasteiger charge is -2.18. The van der Waals surface area contributed by atoms with Crippen LogP contribution in [-0.4, -0.2) is 37.2 Å². The Morgan fingerprint density at radius 1 is 0.253 bits per heavy atom. The summed E-state index contributed by atoms with van der Waals surface area (Å²) in [7, 11) is 0. The number of allylic oxidation sites excluding steroid dienone is 18. The first-order valence-electron chi connectivity index (χ1n) is 35.4. The molecule has 6 heteroatoms. The van der Waals surface area contributed by atoms with E-state index >= 15 is 0 Å². The van der Waals surface area contributed by atoms with Gasteiger partial charge in [0.2, 0.25) is 0 Å². The average Bonchev–Trinajstić information content (AvgIpc) is 3.50. The summed E-state index contributed by atoms with van der Waals surface area (Å²) < 4.78 is 17.0. The fourth-order valence-corrected chi connectivity index (χ4v) is 10.0. The van der Waals surface area contributed by atoms with Gasteiger partial charge in [0.15, 0.2) is 6.10 Å². The minimum absolute atomic E-state index is 0.0885. The highest BCUT2D eigenvalue weighted by atomic mass is 16.6. The molecule has 83 heavy (non-hydrogen) atoms. The topological polar surface area (TPSA) is 78.9 Å². The summed E-state index contributed by atoms with van der Waals surface area (Å²) in [5, 5.41) is 0. The van der Waals surface area contributed by atoms with Crippen LogP contribution in [0.15, 0.2) is 109 Å². The molecule has 476 valence electrons. The van der Waals surface area contributed by atoms with Crippen molar-refractivity contribution in [1.82, 2.24) is 0 Å². The molecule has 6 nitrogen and oxygen atoms in total. The van der Waals surface area contributed by atoms with Gasteiger partial charge in [-0.05, 0) is 122 Å². The minimum Gasteiger partial charge on any atom is -0.462 e. The highest BCUT2D eigenvalue weighted by Crippen LogP contribution is 2.17. The highest BCUT2D eigenvalue weighted by Gasteiger charge is 2.19. The Labute approximate surface area is 514 Å². The second-order valence-corrected chi connectivity index (χ2v) is 23.4. The van der Waals surface area contributed by atoms with Crippen LogP contribution in [0.1, 0.15) is 342 Å². The van der Waals surface area contributed by atoms with E-state index in [-0.39, 0.29) is 31.1 Å². The maximum atomic E-state index is 13.0. The van der Waals surface area contributed by atoms with E-state index in [1.165, 1.54) is 167 Å². The van der Waals surface area contributed by atoms with Crippen molar-refractivity contribution in [2.75, 3.05) is 13.2 Å². The molecule has 0 aliphatic carbocycles. The number of carbonyl (C=O) groups excluding carboxylic acids is 3. The maximum Gasteiger partial charge on any atom is 0.306 e. The zero-order valence-corrected chi connectivity index (χ0v) is 54.7. The molecule has 0 aliphatic heterocycles. The summed E-state index contributed by atoms with van der Waals surface area (Å²) in [4.78, 5) is 38.5. The second kappa shape index (κ2) is 70.6. The lowest BCUT2D eigenvalue weighted by molar-refractivity contribution is -0.167. The molecule has 0 saturated carbocycles. The van der Waals surface area contributed by atoms with Crippen LogP contribution in [0.5, 0.6) is 0 Å². The Hall–Kier alpha value is -3.93. The first kappa shape index (κ1) is 79.1. The van der Waals surface area contributed by atoms with E-state index in [0.29, 0.717) is 19.3 Å². The van der Waals surface area contributed by atoms with E-state index in [9.17, 15) is 14.4 Å². The van der Waals surface area contributed by atoms with Crippen LogP contribution in [-0.2, 0) is 28.6 Å². The predicted octanol–water partition coefficient (Wildman–Crippen LogP) is 24.6. The number of hydrogen-bond donors (Lipinski definition) is 0. The number of esters is 3. The zero-order chi connectivity index (χ0) is 59.9. The van der Waals surface area contributed by atoms with E-state index in [4.69, 9.17) is 14.2 Å². The number of ether oxygens (including phenoxy) is 3. The maximum absolute atomic E-state index is 13.0. The normalized spacial score (nSPS) is 12.8. The van der Waals surface area contributed by atoms with E-state index in [0.717, 1.165) is 135 Å². The van der Waals surface area contributed by atoms with Crippen LogP contribution in [0, 0.1) is 0 Å². The third-order valence-electron chi connectivity index (χ3n) is 15.2. The van der Waals surface area contributed by atoms with Gasteiger partial charge in [0, 0.05) is 19.3 Å². The Bertz CT molecular complexity index is 1660. The molecule has 0 rings (SSSR count). The molecule has 0 bridgehead atoms. The van der Waals surface area contributed by atoms with Crippen molar-refractivity contribution in [2.24, 2.45) is 0 Å². The van der Waals surface area contributed by atoms with E-state index < -0.39 is 6.10 Å². The van der Waals surface area contributed by atoms with Crippen molar-refractivity contribution < 1.29 is 28.6 Å². The molecule has 0 aromatic heterocycles. The van der Waals surface area contributed by atoms with E-state index in [1.807, 2.05) is 0 Å². The first-order valence-corrected chi connectivity index (χ1v) is 35.4. The number of unbranched alkanes of at least 4 members (excludes halogenated alkanes) is 35. The van der Waals surface area contributed by atoms with Crippen molar-refractivity contribution in [3.8, 4) is 0 Å². The van der Waals surface area contributed by atoms with Crippen LogP contribution in [0.3, 0.4) is 0 Å². The molecule has 0 fully saturated rings. The van der Waals surface area contributed by atoms with Crippen LogP contribution < -0.4 is 0 Å². The van der Waals surface area contributed by atoms with Crippen LogP contribution in [0.2, 0.25) is 0 Å². The van der Waals surface area contributed by atoms with Crippen molar-refractivity contribution in [2.45, 2.75) is 348 Å². The third-order valence-corrected chi connectivity index (χ3v) is 15.2. The van der Waals surface area contributed by atoms with Gasteiger partial charge in [0.1, 0.15) is 13.2 Å². The van der Waals surface area contributed by atoms with E-state index in [1.54, 1.807) is 0 Å². The van der Waals surface area contributed by atoms with E-state index in [2.05, 4.69) is 130 Å². The highest BCUT2D eigenvalue weighted by molar-refractivity contribution is 5.71. The lowest BCUT2D eigenvalue weighted by atomic mass is 10.0. The Morgan fingerprint density at radius 3 is 0.747 bits per heavy atom. The van der Waals surface area contributed by atoms with Gasteiger partial charge in [-0.25, -0.2) is 0 Å². The fourth-order valence-electron chi connectivity index (χ4n) is 10.0. The van der Waals surface area contributed by atoms with Gasteiger partial charge in [-0.3, -0.25) is 14.4 Å². The van der Waals surface area contributed by atoms with Crippen molar-refractivity contribution in [3.05, 3.63) is 109 Å². The predicted molar refractivity (Wildman–Crippen MR) is 362 cm³/mol. The summed E-state index contributed by atoms with van der Waals surface area (Å²) in [5.41, 5.74) is 0. The molecule has 0 N–H and O–H groups in total. The van der Waals surface area contributed by atoms with Crippen LogP contribution >= 0.6 is 0 Å². The Balaban J connectivity index is 4.36. The molecule has 1 unspecified atom stereocenters. The average molecular weight is 1150 g/mol. The number of rotatable bonds is 64. The van der Waals surface area contributed by atoms with Gasteiger partial charge in [-0.1, -0.05) is 310 Å². The lowest BCUT2D eigenvalue weighted by Crippen LogP contribution is -2.30. The third kappa shape index (κ3) is 68.7. The number of hydrogen-bond acceptors (Lipinski definition) is 6. The van der Waals surface area contributed by atoms with Crippen LogP contribution in [0.4, 0.5) is 0 Å². The van der Waals surface area contributed by atoms with Gasteiger partial charge < -0.3 is 14.2 Å². The van der Waals surface area contributed by atoms with Crippen molar-refractivity contribution >= 4 is 17.9 Å². The molecule has 0 saturated heterocycles. The molecule has 0 aromatic carbocycles. The van der Waals surface area contributed by atoms with Crippen molar-refractivity contribution in [3.63, 3.8) is 0 Å². The number of carbonyl (C=O) groups is 3. The Morgan fingerprint density at radius 2 is 0.470 bits per heavy atom. The SMILES string of the molecule is CC/C=C\C/C=C\C/C=C\C/C=C\C/C=C\CCCCCCCC(=O)OC(COC(=O)CCCCCCCCC/C=C\C/C=C\C/C=C\CC)COC(=O)CCCCCCCCCCCCCCCCC/C=C\CCCCCCCCCC.